The van der Waals surface area contributed by atoms with Gasteiger partial charge >= 0.3 is 0 Å². The van der Waals surface area contributed by atoms with Crippen molar-refractivity contribution in [3.63, 3.8) is 0 Å². The summed E-state index contributed by atoms with van der Waals surface area (Å²) in [5, 5.41) is 2.58. The van der Waals surface area contributed by atoms with Gasteiger partial charge in [-0.3, -0.25) is 9.78 Å². The highest BCUT2D eigenvalue weighted by molar-refractivity contribution is 6.03. The van der Waals surface area contributed by atoms with Crippen molar-refractivity contribution < 1.29 is 9.18 Å². The van der Waals surface area contributed by atoms with E-state index in [1.807, 2.05) is 6.92 Å². The number of carbonyl (C=O) groups is 1. The lowest BCUT2D eigenvalue weighted by Crippen LogP contribution is -2.16. The van der Waals surface area contributed by atoms with Gasteiger partial charge in [0, 0.05) is 12.4 Å². The van der Waals surface area contributed by atoms with Crippen molar-refractivity contribution in [3.8, 4) is 0 Å². The predicted octanol–water partition coefficient (Wildman–Crippen LogP) is 2.48. The zero-order valence-corrected chi connectivity index (χ0v) is 10.1. The molecule has 1 amide bonds. The smallest absolute Gasteiger partial charge is 0.277 e. The van der Waals surface area contributed by atoms with Crippen molar-refractivity contribution in [3.05, 3.63) is 53.4 Å². The number of pyridine rings is 2. The van der Waals surface area contributed by atoms with Crippen LogP contribution in [-0.2, 0) is 0 Å². The highest BCUT2D eigenvalue weighted by Crippen LogP contribution is 2.14. The summed E-state index contributed by atoms with van der Waals surface area (Å²) in [6.45, 7) is 3.54. The third kappa shape index (κ3) is 2.51. The summed E-state index contributed by atoms with van der Waals surface area (Å²) >= 11 is 0. The maximum Gasteiger partial charge on any atom is 0.277 e. The third-order valence-electron chi connectivity index (χ3n) is 2.48. The number of aromatic nitrogens is 2. The Hall–Kier alpha value is -2.30. The van der Waals surface area contributed by atoms with Crippen molar-refractivity contribution in [1.82, 2.24) is 9.97 Å². The normalized spacial score (nSPS) is 10.2. The minimum Gasteiger partial charge on any atom is -0.319 e. The van der Waals surface area contributed by atoms with Crippen LogP contribution in [0, 0.1) is 19.7 Å². The Balaban J connectivity index is 2.25. The van der Waals surface area contributed by atoms with Crippen molar-refractivity contribution in [1.29, 1.82) is 0 Å². The van der Waals surface area contributed by atoms with Crippen LogP contribution in [-0.4, -0.2) is 15.9 Å². The molecule has 0 bridgehead atoms. The Morgan fingerprint density at radius 3 is 2.78 bits per heavy atom. The average Bonchev–Trinajstić information content (AvgIpc) is 2.32. The van der Waals surface area contributed by atoms with E-state index in [1.165, 1.54) is 18.5 Å². The number of nitrogens with one attached hydrogen (secondary N) is 1. The van der Waals surface area contributed by atoms with E-state index in [4.69, 9.17) is 0 Å². The first kappa shape index (κ1) is 12.2. The lowest BCUT2D eigenvalue weighted by molar-refractivity contribution is 0.101. The SMILES string of the molecule is Cc1cnc(C(=O)Nc2cnccc2C)c(F)c1. The molecule has 0 aliphatic carbocycles. The Morgan fingerprint density at radius 2 is 2.11 bits per heavy atom. The molecular formula is C13H12FN3O. The topological polar surface area (TPSA) is 54.9 Å². The zero-order valence-electron chi connectivity index (χ0n) is 10.1. The van der Waals surface area contributed by atoms with Crippen LogP contribution in [0.25, 0.3) is 0 Å². The molecule has 0 aliphatic heterocycles. The Labute approximate surface area is 104 Å². The van der Waals surface area contributed by atoms with E-state index in [9.17, 15) is 9.18 Å². The number of hydrogen-bond donors (Lipinski definition) is 1. The van der Waals surface area contributed by atoms with Crippen LogP contribution in [0.3, 0.4) is 0 Å². The van der Waals surface area contributed by atoms with Crippen LogP contribution in [0.1, 0.15) is 21.6 Å². The number of nitrogens with zero attached hydrogens (tertiary/aromatic N) is 2. The lowest BCUT2D eigenvalue weighted by atomic mass is 10.2. The van der Waals surface area contributed by atoms with E-state index < -0.39 is 11.7 Å². The van der Waals surface area contributed by atoms with Crippen LogP contribution < -0.4 is 5.32 Å². The number of rotatable bonds is 2. The van der Waals surface area contributed by atoms with Gasteiger partial charge in [0.15, 0.2) is 11.5 Å². The largest absolute Gasteiger partial charge is 0.319 e. The summed E-state index contributed by atoms with van der Waals surface area (Å²) in [5.74, 6) is -1.21. The summed E-state index contributed by atoms with van der Waals surface area (Å²) in [6.07, 6.45) is 4.59. The van der Waals surface area contributed by atoms with Crippen LogP contribution in [0.2, 0.25) is 0 Å². The number of halogens is 1. The van der Waals surface area contributed by atoms with E-state index in [0.717, 1.165) is 5.56 Å². The summed E-state index contributed by atoms with van der Waals surface area (Å²) in [4.78, 5) is 19.6. The standard InChI is InChI=1S/C13H12FN3O/c1-8-5-10(14)12(16-6-8)13(18)17-11-7-15-4-3-9(11)2/h3-7H,1-2H3,(H,17,18). The van der Waals surface area contributed by atoms with Crippen molar-refractivity contribution in [2.24, 2.45) is 0 Å². The second-order valence-electron chi connectivity index (χ2n) is 3.99. The highest BCUT2D eigenvalue weighted by Gasteiger charge is 2.14. The van der Waals surface area contributed by atoms with Gasteiger partial charge < -0.3 is 5.32 Å². The van der Waals surface area contributed by atoms with Gasteiger partial charge in [-0.1, -0.05) is 0 Å². The van der Waals surface area contributed by atoms with Gasteiger partial charge in [-0.05, 0) is 37.1 Å². The fourth-order valence-electron chi connectivity index (χ4n) is 1.48. The van der Waals surface area contributed by atoms with Crippen molar-refractivity contribution >= 4 is 11.6 Å². The van der Waals surface area contributed by atoms with Crippen LogP contribution in [0.5, 0.6) is 0 Å². The van der Waals surface area contributed by atoms with Gasteiger partial charge in [-0.25, -0.2) is 9.37 Å². The number of amides is 1. The molecule has 5 heteroatoms. The quantitative estimate of drug-likeness (QED) is 0.884. The van der Waals surface area contributed by atoms with Gasteiger partial charge in [-0.15, -0.1) is 0 Å². The molecule has 2 aromatic heterocycles. The monoisotopic (exact) mass is 245 g/mol. The first-order valence-electron chi connectivity index (χ1n) is 5.42. The summed E-state index contributed by atoms with van der Waals surface area (Å²) in [5.41, 5.74) is 1.85. The first-order valence-corrected chi connectivity index (χ1v) is 5.42. The third-order valence-corrected chi connectivity index (χ3v) is 2.48. The van der Waals surface area contributed by atoms with Crippen molar-refractivity contribution in [2.75, 3.05) is 5.32 Å². The van der Waals surface area contributed by atoms with E-state index in [-0.39, 0.29) is 5.69 Å². The molecule has 0 saturated carbocycles. The summed E-state index contributed by atoms with van der Waals surface area (Å²) in [7, 11) is 0. The molecule has 18 heavy (non-hydrogen) atoms. The maximum absolute atomic E-state index is 13.6. The van der Waals surface area contributed by atoms with Crippen LogP contribution in [0.15, 0.2) is 30.7 Å². The van der Waals surface area contributed by atoms with Crippen LogP contribution >= 0.6 is 0 Å². The van der Waals surface area contributed by atoms with E-state index in [1.54, 1.807) is 19.2 Å². The highest BCUT2D eigenvalue weighted by atomic mass is 19.1. The fourth-order valence-corrected chi connectivity index (χ4v) is 1.48. The first-order chi connectivity index (χ1) is 8.58. The minimum atomic E-state index is -0.631. The number of hydrogen-bond acceptors (Lipinski definition) is 3. The molecule has 2 aromatic rings. The molecular weight excluding hydrogens is 233 g/mol. The second-order valence-corrected chi connectivity index (χ2v) is 3.99. The molecule has 0 radical (unpaired) electrons. The molecule has 0 saturated heterocycles. The molecule has 0 atom stereocenters. The molecule has 0 aromatic carbocycles. The van der Waals surface area contributed by atoms with E-state index in [2.05, 4.69) is 15.3 Å². The van der Waals surface area contributed by atoms with Gasteiger partial charge in [0.1, 0.15) is 0 Å². The predicted molar refractivity (Wildman–Crippen MR) is 65.9 cm³/mol. The molecule has 0 spiro atoms. The molecule has 0 fully saturated rings. The van der Waals surface area contributed by atoms with Crippen molar-refractivity contribution in [2.45, 2.75) is 13.8 Å². The Kier molecular flexibility index (Phi) is 3.32. The number of carbonyl (C=O) groups excluding carboxylic acids is 1. The minimum absolute atomic E-state index is 0.219. The van der Waals surface area contributed by atoms with Crippen LogP contribution in [0.4, 0.5) is 10.1 Å². The average molecular weight is 245 g/mol. The molecule has 2 heterocycles. The maximum atomic E-state index is 13.6. The Morgan fingerprint density at radius 1 is 1.33 bits per heavy atom. The lowest BCUT2D eigenvalue weighted by Gasteiger charge is -2.07. The molecule has 92 valence electrons. The van der Waals surface area contributed by atoms with Gasteiger partial charge in [0.25, 0.3) is 5.91 Å². The van der Waals surface area contributed by atoms with E-state index >= 15 is 0 Å². The second kappa shape index (κ2) is 4.91. The summed E-state index contributed by atoms with van der Waals surface area (Å²) in [6, 6.07) is 3.03. The summed E-state index contributed by atoms with van der Waals surface area (Å²) < 4.78 is 13.6. The fraction of sp³-hybridized carbons (Fsp3) is 0.154. The molecule has 0 unspecified atom stereocenters. The molecule has 0 aliphatic rings. The zero-order chi connectivity index (χ0) is 13.1. The van der Waals surface area contributed by atoms with Gasteiger partial charge in [0.2, 0.25) is 0 Å². The number of anilines is 1. The number of aryl methyl sites for hydroxylation is 2. The Bertz CT molecular complexity index is 599. The van der Waals surface area contributed by atoms with Gasteiger partial charge in [-0.2, -0.15) is 0 Å². The molecule has 2 rings (SSSR count). The van der Waals surface area contributed by atoms with Gasteiger partial charge in [0.05, 0.1) is 11.9 Å². The van der Waals surface area contributed by atoms with E-state index in [0.29, 0.717) is 11.3 Å². The molecule has 4 nitrogen and oxygen atoms in total. The molecule has 1 N–H and O–H groups in total.